The van der Waals surface area contributed by atoms with Crippen LogP contribution in [0.3, 0.4) is 0 Å². The number of pyridine rings is 1. The Labute approximate surface area is 82.2 Å². The van der Waals surface area contributed by atoms with E-state index in [2.05, 4.69) is 20.9 Å². The molecular formula is C9H5BrFNO. The van der Waals surface area contributed by atoms with Gasteiger partial charge in [0.15, 0.2) is 5.75 Å². The van der Waals surface area contributed by atoms with Crippen LogP contribution in [0.25, 0.3) is 10.9 Å². The molecule has 2 rings (SSSR count). The molecule has 1 aromatic heterocycles. The van der Waals surface area contributed by atoms with Gasteiger partial charge >= 0.3 is 0 Å². The van der Waals surface area contributed by atoms with E-state index in [1.165, 1.54) is 6.07 Å². The lowest BCUT2D eigenvalue weighted by Crippen LogP contribution is -1.84. The molecule has 0 fully saturated rings. The second-order valence-electron chi connectivity index (χ2n) is 2.60. The Hall–Kier alpha value is -1.16. The summed E-state index contributed by atoms with van der Waals surface area (Å²) in [5.74, 6) is -0.627. The van der Waals surface area contributed by atoms with Crippen molar-refractivity contribution in [1.82, 2.24) is 4.98 Å². The monoisotopic (exact) mass is 241 g/mol. The minimum atomic E-state index is -0.596. The minimum Gasteiger partial charge on any atom is -0.505 e. The average molecular weight is 242 g/mol. The summed E-state index contributed by atoms with van der Waals surface area (Å²) in [5.41, 5.74) is 0.273. The fourth-order valence-electron chi connectivity index (χ4n) is 1.13. The first kappa shape index (κ1) is 8.44. The highest BCUT2D eigenvalue weighted by Crippen LogP contribution is 2.30. The third-order valence-electron chi connectivity index (χ3n) is 1.75. The molecule has 0 saturated carbocycles. The van der Waals surface area contributed by atoms with Crippen LogP contribution in [-0.2, 0) is 0 Å². The number of nitrogens with zero attached hydrogens (tertiary/aromatic N) is 1. The Bertz CT molecular complexity index is 467. The maximum Gasteiger partial charge on any atom is 0.213 e. The Morgan fingerprint density at radius 3 is 2.69 bits per heavy atom. The van der Waals surface area contributed by atoms with Gasteiger partial charge in [-0.05, 0) is 34.1 Å². The third kappa shape index (κ3) is 1.37. The van der Waals surface area contributed by atoms with Crippen molar-refractivity contribution in [3.8, 4) is 5.75 Å². The van der Waals surface area contributed by atoms with E-state index in [1.807, 2.05) is 0 Å². The van der Waals surface area contributed by atoms with Gasteiger partial charge in [0.2, 0.25) is 5.95 Å². The summed E-state index contributed by atoms with van der Waals surface area (Å²) in [4.78, 5) is 3.59. The zero-order valence-corrected chi connectivity index (χ0v) is 8.05. The topological polar surface area (TPSA) is 33.1 Å². The summed E-state index contributed by atoms with van der Waals surface area (Å²) in [7, 11) is 0. The highest BCUT2D eigenvalue weighted by Gasteiger charge is 2.05. The van der Waals surface area contributed by atoms with Crippen molar-refractivity contribution in [3.05, 3.63) is 34.7 Å². The Kier molecular flexibility index (Phi) is 1.92. The number of fused-ring (bicyclic) bond motifs is 1. The largest absolute Gasteiger partial charge is 0.505 e. The maximum atomic E-state index is 12.7. The van der Waals surface area contributed by atoms with Crippen LogP contribution in [-0.4, -0.2) is 10.1 Å². The second kappa shape index (κ2) is 2.96. The van der Waals surface area contributed by atoms with Crippen molar-refractivity contribution < 1.29 is 9.50 Å². The highest BCUT2D eigenvalue weighted by atomic mass is 79.9. The summed E-state index contributed by atoms with van der Waals surface area (Å²) >= 11 is 3.13. The molecule has 0 aliphatic heterocycles. The molecule has 0 aliphatic rings. The molecule has 0 atom stereocenters. The van der Waals surface area contributed by atoms with E-state index in [0.717, 1.165) is 0 Å². The van der Waals surface area contributed by atoms with Gasteiger partial charge in [-0.25, -0.2) is 4.98 Å². The number of phenolic OH excluding ortho intramolecular Hbond substituents is 1. The number of aromatic nitrogens is 1. The van der Waals surface area contributed by atoms with Crippen LogP contribution in [0.5, 0.6) is 5.75 Å². The van der Waals surface area contributed by atoms with Crippen molar-refractivity contribution in [3.63, 3.8) is 0 Å². The van der Waals surface area contributed by atoms with Gasteiger partial charge < -0.3 is 5.11 Å². The van der Waals surface area contributed by atoms with Crippen molar-refractivity contribution >= 4 is 26.8 Å². The molecule has 0 bridgehead atoms. The number of aromatic hydroxyl groups is 1. The van der Waals surface area contributed by atoms with E-state index in [0.29, 0.717) is 9.86 Å². The van der Waals surface area contributed by atoms with Gasteiger partial charge in [-0.15, -0.1) is 0 Å². The fourth-order valence-corrected chi connectivity index (χ4v) is 1.45. The van der Waals surface area contributed by atoms with Gasteiger partial charge in [0, 0.05) is 5.39 Å². The molecule has 1 N–H and O–H groups in total. The Balaban J connectivity index is 2.89. The predicted molar refractivity (Wildman–Crippen MR) is 51.1 cm³/mol. The molecule has 66 valence electrons. The molecule has 2 nitrogen and oxygen atoms in total. The van der Waals surface area contributed by atoms with Crippen LogP contribution < -0.4 is 0 Å². The number of rotatable bonds is 0. The van der Waals surface area contributed by atoms with Gasteiger partial charge in [0.1, 0.15) is 5.52 Å². The second-order valence-corrected chi connectivity index (χ2v) is 3.46. The molecule has 2 aromatic rings. The van der Waals surface area contributed by atoms with Gasteiger partial charge in [0.25, 0.3) is 0 Å². The zero-order valence-electron chi connectivity index (χ0n) is 6.46. The lowest BCUT2D eigenvalue weighted by molar-refractivity contribution is 0.475. The lowest BCUT2D eigenvalue weighted by atomic mass is 10.2. The van der Waals surface area contributed by atoms with Crippen LogP contribution in [0.4, 0.5) is 4.39 Å². The van der Waals surface area contributed by atoms with Gasteiger partial charge in [-0.1, -0.05) is 6.07 Å². The SMILES string of the molecule is Oc1c(Br)ccc2ccc(F)nc12. The Morgan fingerprint density at radius 2 is 1.92 bits per heavy atom. The summed E-state index contributed by atoms with van der Waals surface area (Å²) in [6.45, 7) is 0. The van der Waals surface area contributed by atoms with E-state index in [4.69, 9.17) is 0 Å². The van der Waals surface area contributed by atoms with E-state index in [-0.39, 0.29) is 11.3 Å². The summed E-state index contributed by atoms with van der Waals surface area (Å²) < 4.78 is 13.2. The fraction of sp³-hybridized carbons (Fsp3) is 0. The number of benzene rings is 1. The van der Waals surface area contributed by atoms with Crippen LogP contribution in [0, 0.1) is 5.95 Å². The molecular weight excluding hydrogens is 237 g/mol. The molecule has 13 heavy (non-hydrogen) atoms. The van der Waals surface area contributed by atoms with Gasteiger partial charge in [-0.2, -0.15) is 4.39 Å². The maximum absolute atomic E-state index is 12.7. The molecule has 1 heterocycles. The zero-order chi connectivity index (χ0) is 9.42. The first-order chi connectivity index (χ1) is 6.18. The van der Waals surface area contributed by atoms with Crippen LogP contribution in [0.1, 0.15) is 0 Å². The highest BCUT2D eigenvalue weighted by molar-refractivity contribution is 9.10. The summed E-state index contributed by atoms with van der Waals surface area (Å²) in [6.07, 6.45) is 0. The van der Waals surface area contributed by atoms with Crippen molar-refractivity contribution in [1.29, 1.82) is 0 Å². The van der Waals surface area contributed by atoms with E-state index in [9.17, 15) is 9.50 Å². The third-order valence-corrected chi connectivity index (χ3v) is 2.39. The summed E-state index contributed by atoms with van der Waals surface area (Å²) in [5, 5.41) is 10.2. The molecule has 4 heteroatoms. The van der Waals surface area contributed by atoms with E-state index >= 15 is 0 Å². The van der Waals surface area contributed by atoms with Crippen molar-refractivity contribution in [2.45, 2.75) is 0 Å². The Morgan fingerprint density at radius 1 is 1.23 bits per heavy atom. The van der Waals surface area contributed by atoms with Gasteiger partial charge in [0.05, 0.1) is 4.47 Å². The smallest absolute Gasteiger partial charge is 0.213 e. The minimum absolute atomic E-state index is 0.0306. The van der Waals surface area contributed by atoms with E-state index < -0.39 is 5.95 Å². The van der Waals surface area contributed by atoms with Crippen LogP contribution in [0.2, 0.25) is 0 Å². The number of halogens is 2. The molecule has 0 amide bonds. The normalized spacial score (nSPS) is 10.6. The average Bonchev–Trinajstić information content (AvgIpc) is 2.12. The molecule has 0 aliphatic carbocycles. The first-order valence-corrected chi connectivity index (χ1v) is 4.41. The molecule has 1 aromatic carbocycles. The van der Waals surface area contributed by atoms with Gasteiger partial charge in [-0.3, -0.25) is 0 Å². The lowest BCUT2D eigenvalue weighted by Gasteiger charge is -2.01. The standard InChI is InChI=1S/C9H5BrFNO/c10-6-3-1-5-2-4-7(11)12-8(5)9(6)13/h1-4,13H. The summed E-state index contributed by atoms with van der Waals surface area (Å²) in [6, 6.07) is 6.28. The molecule has 0 spiro atoms. The number of phenols is 1. The van der Waals surface area contributed by atoms with Crippen LogP contribution in [0.15, 0.2) is 28.7 Å². The number of hydrogen-bond donors (Lipinski definition) is 1. The quantitative estimate of drug-likeness (QED) is 0.720. The molecule has 0 radical (unpaired) electrons. The molecule has 0 saturated heterocycles. The first-order valence-electron chi connectivity index (χ1n) is 3.62. The molecule has 0 unspecified atom stereocenters. The predicted octanol–water partition coefficient (Wildman–Crippen LogP) is 2.84. The van der Waals surface area contributed by atoms with Crippen molar-refractivity contribution in [2.75, 3.05) is 0 Å². The van der Waals surface area contributed by atoms with E-state index in [1.54, 1.807) is 18.2 Å². The van der Waals surface area contributed by atoms with Crippen LogP contribution >= 0.6 is 15.9 Å². The number of hydrogen-bond acceptors (Lipinski definition) is 2. The van der Waals surface area contributed by atoms with Crippen molar-refractivity contribution in [2.24, 2.45) is 0 Å².